The molecule has 2 aromatic rings. The maximum atomic E-state index is 10.1. The van der Waals surface area contributed by atoms with Gasteiger partial charge in [0.15, 0.2) is 6.61 Å². The predicted molar refractivity (Wildman–Crippen MR) is 71.2 cm³/mol. The zero-order chi connectivity index (χ0) is 13.1. The summed E-state index contributed by atoms with van der Waals surface area (Å²) in [5.41, 5.74) is -0.264. The Morgan fingerprint density at radius 2 is 1.63 bits per heavy atom. The topological polar surface area (TPSA) is 51.1 Å². The molecule has 96 valence electrons. The Kier molecular flexibility index (Phi) is 2.83. The van der Waals surface area contributed by atoms with E-state index in [4.69, 9.17) is 9.57 Å². The lowest BCUT2D eigenvalue weighted by Crippen LogP contribution is -2.42. The Bertz CT molecular complexity index is 583. The van der Waals surface area contributed by atoms with Gasteiger partial charge in [0.1, 0.15) is 5.75 Å². The Morgan fingerprint density at radius 1 is 1.00 bits per heavy atom. The first kappa shape index (κ1) is 11.6. The first-order valence-electron chi connectivity index (χ1n) is 6.00. The average molecular weight is 255 g/mol. The van der Waals surface area contributed by atoms with Crippen molar-refractivity contribution >= 4 is 5.90 Å². The van der Waals surface area contributed by atoms with Gasteiger partial charge in [0, 0.05) is 5.56 Å². The molecule has 1 unspecified atom stereocenters. The number of aliphatic hydroxyl groups is 1. The molecule has 0 amide bonds. The maximum Gasteiger partial charge on any atom is 0.276 e. The first-order chi connectivity index (χ1) is 9.31. The summed E-state index contributed by atoms with van der Waals surface area (Å²) in [5, 5.41) is 13.7. The van der Waals surface area contributed by atoms with Crippen LogP contribution >= 0.6 is 0 Å². The number of aliphatic hydroxyl groups excluding tert-OH is 1. The van der Waals surface area contributed by atoms with Crippen molar-refractivity contribution in [3.63, 3.8) is 0 Å². The predicted octanol–water partition coefficient (Wildman–Crippen LogP) is 2.86. The van der Waals surface area contributed by atoms with E-state index in [1.807, 2.05) is 60.7 Å². The molecule has 0 saturated carbocycles. The second kappa shape index (κ2) is 4.65. The molecule has 1 N–H and O–H groups in total. The number of hydrogen-bond donors (Lipinski definition) is 1. The Labute approximate surface area is 110 Å². The summed E-state index contributed by atoms with van der Waals surface area (Å²) in [6.07, 6.45) is 0. The molecule has 0 saturated heterocycles. The highest BCUT2D eigenvalue weighted by Crippen LogP contribution is 2.33. The van der Waals surface area contributed by atoms with E-state index in [9.17, 15) is 5.11 Å². The van der Waals surface area contributed by atoms with E-state index < -0.39 is 5.60 Å². The highest BCUT2D eigenvalue weighted by Gasteiger charge is 2.46. The van der Waals surface area contributed by atoms with Crippen molar-refractivity contribution in [3.05, 3.63) is 66.2 Å². The number of rotatable bonds is 3. The van der Waals surface area contributed by atoms with Crippen molar-refractivity contribution < 1.29 is 14.7 Å². The summed E-state index contributed by atoms with van der Waals surface area (Å²) in [5.74, 6) is 0.487. The molecule has 0 aliphatic carbocycles. The van der Waals surface area contributed by atoms with Crippen LogP contribution in [0.15, 0.2) is 65.8 Å². The van der Waals surface area contributed by atoms with Crippen LogP contribution in [0, 0.1) is 0 Å². The minimum absolute atomic E-state index is 0.151. The van der Waals surface area contributed by atoms with E-state index in [1.54, 1.807) is 0 Å². The Morgan fingerprint density at radius 3 is 2.21 bits per heavy atom. The zero-order valence-corrected chi connectivity index (χ0v) is 10.2. The highest BCUT2D eigenvalue weighted by molar-refractivity contribution is 5.86. The van der Waals surface area contributed by atoms with Crippen molar-refractivity contribution in [1.82, 2.24) is 0 Å². The van der Waals surface area contributed by atoms with Crippen LogP contribution in [-0.4, -0.2) is 17.6 Å². The van der Waals surface area contributed by atoms with Crippen molar-refractivity contribution in [1.29, 1.82) is 0 Å². The molecule has 1 atom stereocenters. The summed E-state index contributed by atoms with van der Waals surface area (Å²) in [4.78, 5) is 5.01. The molecule has 0 aromatic heterocycles. The van der Waals surface area contributed by atoms with E-state index >= 15 is 0 Å². The highest BCUT2D eigenvalue weighted by atomic mass is 16.7. The van der Waals surface area contributed by atoms with Gasteiger partial charge in [0.2, 0.25) is 5.60 Å². The lowest BCUT2D eigenvalue weighted by Gasteiger charge is -2.27. The van der Waals surface area contributed by atoms with Crippen LogP contribution in [0.3, 0.4) is 0 Å². The van der Waals surface area contributed by atoms with E-state index in [0.717, 1.165) is 5.56 Å². The van der Waals surface area contributed by atoms with Crippen LogP contribution in [0.4, 0.5) is 0 Å². The van der Waals surface area contributed by atoms with Crippen LogP contribution < -0.4 is 4.74 Å². The number of nitrogens with zero attached hydrogens (tertiary/aromatic N) is 1. The van der Waals surface area contributed by atoms with E-state index in [1.165, 1.54) is 0 Å². The standard InChI is InChI=1S/C15H13NO3/c17-14-15(11-18-16-14,12-7-3-1-4-8-12)19-13-9-5-2-6-10-13/h1-10H,11H2,(H,16,17). The fourth-order valence-corrected chi connectivity index (χ4v) is 2.07. The minimum atomic E-state index is -1.07. The van der Waals surface area contributed by atoms with Gasteiger partial charge in [-0.2, -0.15) is 0 Å². The van der Waals surface area contributed by atoms with E-state index in [0.29, 0.717) is 5.75 Å². The molecular weight excluding hydrogens is 242 g/mol. The lowest BCUT2D eigenvalue weighted by atomic mass is 9.94. The van der Waals surface area contributed by atoms with E-state index in [-0.39, 0.29) is 12.5 Å². The number of ether oxygens (including phenoxy) is 1. The average Bonchev–Trinajstić information content (AvgIpc) is 2.83. The van der Waals surface area contributed by atoms with Gasteiger partial charge in [-0.15, -0.1) is 0 Å². The van der Waals surface area contributed by atoms with Crippen LogP contribution in [0.2, 0.25) is 0 Å². The summed E-state index contributed by atoms with van der Waals surface area (Å²) < 4.78 is 5.96. The number of hydrogen-bond acceptors (Lipinski definition) is 3. The molecule has 4 heteroatoms. The zero-order valence-electron chi connectivity index (χ0n) is 10.2. The Hall–Kier alpha value is -2.49. The number of benzene rings is 2. The van der Waals surface area contributed by atoms with Crippen LogP contribution in [-0.2, 0) is 10.4 Å². The molecule has 1 aliphatic rings. The largest absolute Gasteiger partial charge is 0.491 e. The van der Waals surface area contributed by atoms with Gasteiger partial charge >= 0.3 is 0 Å². The fourth-order valence-electron chi connectivity index (χ4n) is 2.07. The normalized spacial score (nSPS) is 21.6. The monoisotopic (exact) mass is 255 g/mol. The number of oxime groups is 1. The summed E-state index contributed by atoms with van der Waals surface area (Å²) >= 11 is 0. The van der Waals surface area contributed by atoms with E-state index in [2.05, 4.69) is 5.16 Å². The molecule has 2 aromatic carbocycles. The lowest BCUT2D eigenvalue weighted by molar-refractivity contribution is 0.0453. The van der Waals surface area contributed by atoms with Crippen LogP contribution in [0.5, 0.6) is 5.75 Å². The van der Waals surface area contributed by atoms with Crippen molar-refractivity contribution in [2.45, 2.75) is 5.60 Å². The summed E-state index contributed by atoms with van der Waals surface area (Å²) in [7, 11) is 0. The van der Waals surface area contributed by atoms with Gasteiger partial charge < -0.3 is 14.7 Å². The quantitative estimate of drug-likeness (QED) is 0.917. The van der Waals surface area contributed by atoms with Gasteiger partial charge in [-0.1, -0.05) is 48.5 Å². The molecule has 4 nitrogen and oxygen atoms in total. The van der Waals surface area contributed by atoms with Gasteiger partial charge in [0.25, 0.3) is 5.90 Å². The molecule has 1 heterocycles. The second-order valence-electron chi connectivity index (χ2n) is 4.30. The van der Waals surface area contributed by atoms with Crippen LogP contribution in [0.25, 0.3) is 0 Å². The molecule has 0 fully saturated rings. The van der Waals surface area contributed by atoms with Crippen molar-refractivity contribution in [2.75, 3.05) is 6.61 Å². The maximum absolute atomic E-state index is 10.1. The van der Waals surface area contributed by atoms with Gasteiger partial charge in [-0.3, -0.25) is 0 Å². The third kappa shape index (κ3) is 2.01. The number of para-hydroxylation sites is 1. The van der Waals surface area contributed by atoms with Gasteiger partial charge in [-0.05, 0) is 17.3 Å². The summed E-state index contributed by atoms with van der Waals surface area (Å²) in [6, 6.07) is 18.7. The molecule has 0 spiro atoms. The third-order valence-corrected chi connectivity index (χ3v) is 3.06. The molecule has 19 heavy (non-hydrogen) atoms. The smallest absolute Gasteiger partial charge is 0.276 e. The molecule has 3 rings (SSSR count). The minimum Gasteiger partial charge on any atom is -0.491 e. The van der Waals surface area contributed by atoms with Gasteiger partial charge in [0.05, 0.1) is 0 Å². The Balaban J connectivity index is 2.02. The van der Waals surface area contributed by atoms with Gasteiger partial charge in [-0.25, -0.2) is 0 Å². The van der Waals surface area contributed by atoms with Crippen LogP contribution in [0.1, 0.15) is 5.56 Å². The fraction of sp³-hybridized carbons (Fsp3) is 0.133. The summed E-state index contributed by atoms with van der Waals surface area (Å²) in [6.45, 7) is 0.151. The molecular formula is C15H13NO3. The third-order valence-electron chi connectivity index (χ3n) is 3.06. The van der Waals surface area contributed by atoms with Crippen molar-refractivity contribution in [3.8, 4) is 5.75 Å². The molecule has 0 bridgehead atoms. The van der Waals surface area contributed by atoms with Crippen molar-refractivity contribution in [2.24, 2.45) is 5.16 Å². The second-order valence-corrected chi connectivity index (χ2v) is 4.30. The molecule has 1 aliphatic heterocycles. The molecule has 0 radical (unpaired) electrons. The first-order valence-corrected chi connectivity index (χ1v) is 6.00. The SMILES string of the molecule is OC1=NOCC1(Oc1ccccc1)c1ccccc1.